The van der Waals surface area contributed by atoms with E-state index < -0.39 is 0 Å². The summed E-state index contributed by atoms with van der Waals surface area (Å²) in [6.07, 6.45) is 2.65. The molecule has 0 bridgehead atoms. The molecule has 0 fully saturated rings. The van der Waals surface area contributed by atoms with E-state index in [2.05, 4.69) is 16.4 Å². The maximum atomic E-state index is 12.5. The average Bonchev–Trinajstić information content (AvgIpc) is 2.75. The summed E-state index contributed by atoms with van der Waals surface area (Å²) in [5, 5.41) is 12.3. The van der Waals surface area contributed by atoms with Crippen molar-refractivity contribution in [2.75, 3.05) is 17.7 Å². The molecule has 0 spiro atoms. The summed E-state index contributed by atoms with van der Waals surface area (Å²) < 4.78 is 5.51. The second kappa shape index (κ2) is 9.49. The lowest BCUT2D eigenvalue weighted by Crippen LogP contribution is -2.13. The van der Waals surface area contributed by atoms with Gasteiger partial charge in [0.2, 0.25) is 0 Å². The van der Waals surface area contributed by atoms with Crippen LogP contribution in [0.25, 0.3) is 11.3 Å². The molecule has 3 aromatic rings. The Morgan fingerprint density at radius 2 is 1.97 bits per heavy atom. The largest absolute Gasteiger partial charge is 0.397 e. The molecule has 3 N–H and O–H groups in total. The first-order chi connectivity index (χ1) is 14.1. The van der Waals surface area contributed by atoms with Crippen LogP contribution in [0.5, 0.6) is 0 Å². The third-order valence-corrected chi connectivity index (χ3v) is 4.31. The minimum absolute atomic E-state index is 0.258. The van der Waals surface area contributed by atoms with Crippen molar-refractivity contribution in [2.45, 2.75) is 20.0 Å². The van der Waals surface area contributed by atoms with Gasteiger partial charge < -0.3 is 15.8 Å². The Balaban J connectivity index is 1.76. The molecule has 146 valence electrons. The molecule has 0 aliphatic rings. The number of aromatic nitrogens is 1. The average molecular weight is 386 g/mol. The van der Waals surface area contributed by atoms with E-state index in [-0.39, 0.29) is 5.91 Å². The first-order valence-corrected chi connectivity index (χ1v) is 9.35. The fourth-order valence-electron chi connectivity index (χ4n) is 2.82. The van der Waals surface area contributed by atoms with Gasteiger partial charge in [-0.05, 0) is 42.3 Å². The van der Waals surface area contributed by atoms with Crippen molar-refractivity contribution in [3.05, 3.63) is 77.5 Å². The van der Waals surface area contributed by atoms with Crippen LogP contribution >= 0.6 is 0 Å². The predicted octanol–water partition coefficient (Wildman–Crippen LogP) is 4.38. The van der Waals surface area contributed by atoms with Gasteiger partial charge in [0.15, 0.2) is 0 Å². The number of nitriles is 1. The van der Waals surface area contributed by atoms with Gasteiger partial charge in [0, 0.05) is 23.9 Å². The van der Waals surface area contributed by atoms with Crippen molar-refractivity contribution < 1.29 is 9.53 Å². The van der Waals surface area contributed by atoms with Crippen molar-refractivity contribution in [1.82, 2.24) is 4.98 Å². The van der Waals surface area contributed by atoms with Crippen LogP contribution in [0.3, 0.4) is 0 Å². The number of hydrogen-bond acceptors (Lipinski definition) is 5. The summed E-state index contributed by atoms with van der Waals surface area (Å²) in [4.78, 5) is 16.9. The van der Waals surface area contributed by atoms with Gasteiger partial charge >= 0.3 is 0 Å². The van der Waals surface area contributed by atoms with Crippen LogP contribution in [0, 0.1) is 11.3 Å². The molecule has 1 aromatic heterocycles. The highest BCUT2D eigenvalue weighted by Gasteiger charge is 2.11. The van der Waals surface area contributed by atoms with E-state index >= 15 is 0 Å². The Bertz CT molecular complexity index is 1040. The Morgan fingerprint density at radius 1 is 1.21 bits per heavy atom. The number of carbonyl (C=O) groups is 1. The molecule has 3 rings (SSSR count). The molecule has 0 aliphatic carbocycles. The molecule has 0 unspecified atom stereocenters. The third kappa shape index (κ3) is 4.98. The van der Waals surface area contributed by atoms with Gasteiger partial charge in [0.1, 0.15) is 6.07 Å². The van der Waals surface area contributed by atoms with Gasteiger partial charge in [-0.3, -0.25) is 9.78 Å². The molecule has 0 radical (unpaired) electrons. The lowest BCUT2D eigenvalue weighted by atomic mass is 10.0. The van der Waals surface area contributed by atoms with Crippen molar-refractivity contribution in [3.8, 4) is 17.3 Å². The fourth-order valence-corrected chi connectivity index (χ4v) is 2.82. The molecule has 0 saturated heterocycles. The number of nitrogen functional groups attached to an aromatic ring is 1. The van der Waals surface area contributed by atoms with Crippen LogP contribution in [-0.4, -0.2) is 17.5 Å². The molecule has 6 heteroatoms. The van der Waals surface area contributed by atoms with E-state index in [0.717, 1.165) is 17.5 Å². The number of amides is 1. The van der Waals surface area contributed by atoms with Crippen molar-refractivity contribution >= 4 is 17.3 Å². The van der Waals surface area contributed by atoms with Gasteiger partial charge in [0.05, 0.1) is 29.2 Å². The quantitative estimate of drug-likeness (QED) is 0.463. The number of rotatable bonds is 7. The maximum absolute atomic E-state index is 12.5. The summed E-state index contributed by atoms with van der Waals surface area (Å²) in [5.74, 6) is -0.258. The Hall–Kier alpha value is -3.69. The number of pyridine rings is 1. The predicted molar refractivity (Wildman–Crippen MR) is 113 cm³/mol. The van der Waals surface area contributed by atoms with Gasteiger partial charge in [-0.2, -0.15) is 5.26 Å². The molecular weight excluding hydrogens is 364 g/mol. The van der Waals surface area contributed by atoms with Crippen LogP contribution in [0.1, 0.15) is 34.8 Å². The van der Waals surface area contributed by atoms with Gasteiger partial charge in [-0.15, -0.1) is 0 Å². The molecular formula is C23H22N4O2. The zero-order chi connectivity index (χ0) is 20.6. The third-order valence-electron chi connectivity index (χ3n) is 4.31. The standard InChI is InChI=1S/C23H22N4O2/c1-2-11-29-15-16-12-19(13-24)22(26-14-16)17-7-9-18(10-8-17)23(28)27-21-6-4-3-5-20(21)25/h3-10,12,14H,2,11,15,25H2,1H3,(H,27,28). The van der Waals surface area contributed by atoms with Crippen LogP contribution in [0.2, 0.25) is 0 Å². The second-order valence-corrected chi connectivity index (χ2v) is 6.52. The molecule has 1 amide bonds. The highest BCUT2D eigenvalue weighted by molar-refractivity contribution is 6.05. The molecule has 2 aromatic carbocycles. The number of nitrogens with two attached hydrogens (primary N) is 1. The first kappa shape index (κ1) is 20.1. The minimum Gasteiger partial charge on any atom is -0.397 e. The van der Waals surface area contributed by atoms with Crippen LogP contribution in [0.15, 0.2) is 60.8 Å². The summed E-state index contributed by atoms with van der Waals surface area (Å²) in [7, 11) is 0. The van der Waals surface area contributed by atoms with Crippen molar-refractivity contribution in [2.24, 2.45) is 0 Å². The van der Waals surface area contributed by atoms with Gasteiger partial charge in [0.25, 0.3) is 5.91 Å². The number of carbonyl (C=O) groups excluding carboxylic acids is 1. The summed E-state index contributed by atoms with van der Waals surface area (Å²) in [6, 6.07) is 18.0. The maximum Gasteiger partial charge on any atom is 0.255 e. The van der Waals surface area contributed by atoms with Crippen molar-refractivity contribution in [3.63, 3.8) is 0 Å². The number of anilines is 2. The van der Waals surface area contributed by atoms with E-state index in [1.807, 2.05) is 6.92 Å². The van der Waals surface area contributed by atoms with Crippen LogP contribution < -0.4 is 11.1 Å². The van der Waals surface area contributed by atoms with E-state index in [1.165, 1.54) is 0 Å². The smallest absolute Gasteiger partial charge is 0.255 e. The zero-order valence-corrected chi connectivity index (χ0v) is 16.2. The Morgan fingerprint density at radius 3 is 2.66 bits per heavy atom. The number of benzene rings is 2. The lowest BCUT2D eigenvalue weighted by molar-refractivity contribution is 0.102. The summed E-state index contributed by atoms with van der Waals surface area (Å²) in [5.41, 5.74) is 10.1. The number of hydrogen-bond donors (Lipinski definition) is 2. The fraction of sp³-hybridized carbons (Fsp3) is 0.174. The lowest BCUT2D eigenvalue weighted by Gasteiger charge is -2.09. The van der Waals surface area contributed by atoms with E-state index in [4.69, 9.17) is 10.5 Å². The summed E-state index contributed by atoms with van der Waals surface area (Å²) >= 11 is 0. The first-order valence-electron chi connectivity index (χ1n) is 9.35. The number of ether oxygens (including phenoxy) is 1. The number of nitrogens with zero attached hydrogens (tertiary/aromatic N) is 2. The minimum atomic E-state index is -0.258. The zero-order valence-electron chi connectivity index (χ0n) is 16.2. The molecule has 1 heterocycles. The van der Waals surface area contributed by atoms with Gasteiger partial charge in [-0.1, -0.05) is 31.2 Å². The van der Waals surface area contributed by atoms with E-state index in [9.17, 15) is 10.1 Å². The monoisotopic (exact) mass is 386 g/mol. The summed E-state index contributed by atoms with van der Waals surface area (Å²) in [6.45, 7) is 3.14. The molecule has 0 saturated carbocycles. The molecule has 29 heavy (non-hydrogen) atoms. The Kier molecular flexibility index (Phi) is 6.56. The normalized spacial score (nSPS) is 10.3. The molecule has 0 aliphatic heterocycles. The van der Waals surface area contributed by atoms with Crippen LogP contribution in [-0.2, 0) is 11.3 Å². The van der Waals surface area contributed by atoms with Gasteiger partial charge in [-0.25, -0.2) is 0 Å². The van der Waals surface area contributed by atoms with E-state index in [0.29, 0.717) is 41.4 Å². The van der Waals surface area contributed by atoms with Crippen LogP contribution in [0.4, 0.5) is 11.4 Å². The molecule has 0 atom stereocenters. The number of nitrogens with one attached hydrogen (secondary N) is 1. The highest BCUT2D eigenvalue weighted by atomic mass is 16.5. The van der Waals surface area contributed by atoms with Crippen molar-refractivity contribution in [1.29, 1.82) is 5.26 Å². The Labute approximate surface area is 170 Å². The topological polar surface area (TPSA) is 101 Å². The second-order valence-electron chi connectivity index (χ2n) is 6.52. The molecule has 6 nitrogen and oxygen atoms in total. The van der Waals surface area contributed by atoms with E-state index in [1.54, 1.807) is 60.8 Å². The number of para-hydroxylation sites is 2. The SMILES string of the molecule is CCCOCc1cnc(-c2ccc(C(=O)Nc3ccccc3N)cc2)c(C#N)c1. The highest BCUT2D eigenvalue weighted by Crippen LogP contribution is 2.23.